The van der Waals surface area contributed by atoms with E-state index in [2.05, 4.69) is 46.5 Å². The number of aliphatic hydroxyl groups excluding tert-OH is 1. The van der Waals surface area contributed by atoms with Crippen LogP contribution in [0.4, 0.5) is 0 Å². The minimum Gasteiger partial charge on any atom is -0.390 e. The summed E-state index contributed by atoms with van der Waals surface area (Å²) in [5.74, 6) is 0. The molecule has 1 heterocycles. The van der Waals surface area contributed by atoms with E-state index in [9.17, 15) is 5.11 Å². The Morgan fingerprint density at radius 2 is 2.07 bits per heavy atom. The topological polar surface area (TPSA) is 25.2 Å². The maximum absolute atomic E-state index is 9.31. The van der Waals surface area contributed by atoms with Crippen molar-refractivity contribution in [1.29, 1.82) is 0 Å². The molecule has 0 unspecified atom stereocenters. The van der Waals surface area contributed by atoms with Gasteiger partial charge in [-0.25, -0.2) is 0 Å². The summed E-state index contributed by atoms with van der Waals surface area (Å²) >= 11 is 3.47. The molecular formula is C12H14BrNO. The molecule has 0 aliphatic rings. The average molecular weight is 268 g/mol. The van der Waals surface area contributed by atoms with E-state index in [4.69, 9.17) is 0 Å². The lowest BCUT2D eigenvalue weighted by Crippen LogP contribution is -2.04. The highest BCUT2D eigenvalue weighted by Crippen LogP contribution is 2.26. The largest absolute Gasteiger partial charge is 0.390 e. The third kappa shape index (κ3) is 1.82. The van der Waals surface area contributed by atoms with Gasteiger partial charge in [0.1, 0.15) is 0 Å². The predicted octanol–water partition coefficient (Wildman–Crippen LogP) is 3.48. The van der Waals surface area contributed by atoms with Gasteiger partial charge in [-0.15, -0.1) is 0 Å². The molecule has 0 spiro atoms. The zero-order chi connectivity index (χ0) is 11.0. The van der Waals surface area contributed by atoms with Gasteiger partial charge < -0.3 is 9.67 Å². The second kappa shape index (κ2) is 3.99. The molecule has 80 valence electrons. The molecule has 0 aliphatic carbocycles. The molecular weight excluding hydrogens is 254 g/mol. The number of halogens is 1. The van der Waals surface area contributed by atoms with E-state index in [1.807, 2.05) is 12.1 Å². The highest BCUT2D eigenvalue weighted by Gasteiger charge is 2.10. The number of nitrogens with zero attached hydrogens (tertiary/aromatic N) is 1. The van der Waals surface area contributed by atoms with Crippen LogP contribution in [0.1, 0.15) is 25.6 Å². The molecule has 1 N–H and O–H groups in total. The molecule has 0 amide bonds. The molecule has 2 rings (SSSR count). The molecule has 1 aromatic heterocycles. The fourth-order valence-electron chi connectivity index (χ4n) is 1.98. The summed E-state index contributed by atoms with van der Waals surface area (Å²) in [6, 6.07) is 8.58. The third-order valence-corrected chi connectivity index (χ3v) is 3.06. The number of hydrogen-bond donors (Lipinski definition) is 1. The number of fused-ring (bicyclic) bond motifs is 1. The van der Waals surface area contributed by atoms with Crippen molar-refractivity contribution in [2.24, 2.45) is 0 Å². The molecule has 0 aliphatic heterocycles. The Bertz CT molecular complexity index is 488. The first-order valence-corrected chi connectivity index (χ1v) is 5.83. The summed E-state index contributed by atoms with van der Waals surface area (Å²) in [4.78, 5) is 0. The van der Waals surface area contributed by atoms with Crippen LogP contribution < -0.4 is 0 Å². The van der Waals surface area contributed by atoms with Crippen molar-refractivity contribution in [1.82, 2.24) is 4.57 Å². The van der Waals surface area contributed by atoms with E-state index in [0.717, 1.165) is 10.2 Å². The Morgan fingerprint density at radius 1 is 1.33 bits per heavy atom. The first-order valence-electron chi connectivity index (χ1n) is 5.03. The highest BCUT2D eigenvalue weighted by atomic mass is 79.9. The number of benzene rings is 1. The van der Waals surface area contributed by atoms with Gasteiger partial charge in [-0.1, -0.05) is 22.0 Å². The maximum Gasteiger partial charge on any atom is 0.0833 e. The fourth-order valence-corrected chi connectivity index (χ4v) is 2.33. The molecule has 0 atom stereocenters. The lowest BCUT2D eigenvalue weighted by atomic mass is 10.2. The van der Waals surface area contributed by atoms with Crippen LogP contribution in [0.25, 0.3) is 10.9 Å². The molecule has 15 heavy (non-hydrogen) atoms. The van der Waals surface area contributed by atoms with Crippen LogP contribution in [0.5, 0.6) is 0 Å². The summed E-state index contributed by atoms with van der Waals surface area (Å²) < 4.78 is 3.24. The van der Waals surface area contributed by atoms with E-state index in [-0.39, 0.29) is 6.61 Å². The quantitative estimate of drug-likeness (QED) is 0.886. The number of hydrogen-bond acceptors (Lipinski definition) is 1. The van der Waals surface area contributed by atoms with E-state index in [1.54, 1.807) is 0 Å². The molecule has 0 saturated carbocycles. The minimum atomic E-state index is 0.0878. The lowest BCUT2D eigenvalue weighted by Gasteiger charge is -2.13. The SMILES string of the molecule is CC(C)n1c(CO)cc2ccc(Br)cc21. The first-order chi connectivity index (χ1) is 7.13. The summed E-state index contributed by atoms with van der Waals surface area (Å²) in [6.45, 7) is 4.34. The Morgan fingerprint density at radius 3 is 2.67 bits per heavy atom. The molecule has 2 nitrogen and oxygen atoms in total. The summed E-state index contributed by atoms with van der Waals surface area (Å²) in [5, 5.41) is 10.5. The molecule has 0 fully saturated rings. The standard InChI is InChI=1S/C12H14BrNO/c1-8(2)14-11(7-15)5-9-3-4-10(13)6-12(9)14/h3-6,8,15H,7H2,1-2H3. The zero-order valence-corrected chi connectivity index (χ0v) is 10.5. The van der Waals surface area contributed by atoms with Crippen molar-refractivity contribution in [3.05, 3.63) is 34.4 Å². The summed E-state index contributed by atoms with van der Waals surface area (Å²) in [5.41, 5.74) is 2.14. The third-order valence-electron chi connectivity index (χ3n) is 2.56. The predicted molar refractivity (Wildman–Crippen MR) is 65.9 cm³/mol. The number of aliphatic hydroxyl groups is 1. The van der Waals surface area contributed by atoms with Crippen LogP contribution in [-0.2, 0) is 6.61 Å². The number of aromatic nitrogens is 1. The van der Waals surface area contributed by atoms with Crippen LogP contribution in [0.2, 0.25) is 0 Å². The Labute approximate surface area is 97.7 Å². The van der Waals surface area contributed by atoms with Gasteiger partial charge in [0.15, 0.2) is 0 Å². The fraction of sp³-hybridized carbons (Fsp3) is 0.333. The van der Waals surface area contributed by atoms with Crippen molar-refractivity contribution >= 4 is 26.8 Å². The second-order valence-electron chi connectivity index (χ2n) is 3.96. The Kier molecular flexibility index (Phi) is 2.85. The molecule has 0 bridgehead atoms. The Hall–Kier alpha value is -0.800. The van der Waals surface area contributed by atoms with Crippen LogP contribution in [0.3, 0.4) is 0 Å². The highest BCUT2D eigenvalue weighted by molar-refractivity contribution is 9.10. The van der Waals surface area contributed by atoms with E-state index >= 15 is 0 Å². The van der Waals surface area contributed by atoms with Gasteiger partial charge >= 0.3 is 0 Å². The average Bonchev–Trinajstić information content (AvgIpc) is 2.55. The van der Waals surface area contributed by atoms with Gasteiger partial charge in [0, 0.05) is 27.1 Å². The molecule has 3 heteroatoms. The van der Waals surface area contributed by atoms with Crippen molar-refractivity contribution in [3.63, 3.8) is 0 Å². The summed E-state index contributed by atoms with van der Waals surface area (Å²) in [6.07, 6.45) is 0. The molecule has 2 aromatic rings. The molecule has 1 aromatic carbocycles. The van der Waals surface area contributed by atoms with Gasteiger partial charge in [0.25, 0.3) is 0 Å². The number of rotatable bonds is 2. The molecule has 0 radical (unpaired) electrons. The van der Waals surface area contributed by atoms with Gasteiger partial charge in [-0.2, -0.15) is 0 Å². The van der Waals surface area contributed by atoms with Gasteiger partial charge in [0.2, 0.25) is 0 Å². The van der Waals surface area contributed by atoms with E-state index in [1.165, 1.54) is 10.9 Å². The van der Waals surface area contributed by atoms with E-state index in [0.29, 0.717) is 6.04 Å². The van der Waals surface area contributed by atoms with E-state index < -0.39 is 0 Å². The van der Waals surface area contributed by atoms with Crippen molar-refractivity contribution in [3.8, 4) is 0 Å². The van der Waals surface area contributed by atoms with Gasteiger partial charge in [0.05, 0.1) is 6.61 Å². The molecule has 0 saturated heterocycles. The van der Waals surface area contributed by atoms with Crippen LogP contribution in [-0.4, -0.2) is 9.67 Å². The minimum absolute atomic E-state index is 0.0878. The van der Waals surface area contributed by atoms with Gasteiger partial charge in [-0.3, -0.25) is 0 Å². The van der Waals surface area contributed by atoms with Crippen LogP contribution >= 0.6 is 15.9 Å². The lowest BCUT2D eigenvalue weighted by molar-refractivity contribution is 0.269. The maximum atomic E-state index is 9.31. The smallest absolute Gasteiger partial charge is 0.0833 e. The zero-order valence-electron chi connectivity index (χ0n) is 8.87. The van der Waals surface area contributed by atoms with Gasteiger partial charge in [-0.05, 0) is 32.0 Å². The normalized spacial score (nSPS) is 11.5. The van der Waals surface area contributed by atoms with Crippen molar-refractivity contribution in [2.45, 2.75) is 26.5 Å². The second-order valence-corrected chi connectivity index (χ2v) is 4.88. The van der Waals surface area contributed by atoms with Crippen molar-refractivity contribution in [2.75, 3.05) is 0 Å². The monoisotopic (exact) mass is 267 g/mol. The van der Waals surface area contributed by atoms with Crippen LogP contribution in [0.15, 0.2) is 28.7 Å². The van der Waals surface area contributed by atoms with Crippen molar-refractivity contribution < 1.29 is 5.11 Å². The van der Waals surface area contributed by atoms with Crippen LogP contribution in [0, 0.1) is 0 Å². The first kappa shape index (κ1) is 10.7. The Balaban J connectivity index is 2.76. The summed E-state index contributed by atoms with van der Waals surface area (Å²) in [7, 11) is 0.